The van der Waals surface area contributed by atoms with Crippen molar-refractivity contribution in [1.82, 2.24) is 0 Å². The van der Waals surface area contributed by atoms with Gasteiger partial charge < -0.3 is 10.4 Å². The number of amides is 1. The Kier molecular flexibility index (Phi) is 4.44. The third kappa shape index (κ3) is 3.78. The number of anilines is 1. The van der Waals surface area contributed by atoms with E-state index in [2.05, 4.69) is 5.32 Å². The van der Waals surface area contributed by atoms with Gasteiger partial charge in [0, 0.05) is 23.7 Å². The summed E-state index contributed by atoms with van der Waals surface area (Å²) in [5.41, 5.74) is -0.377. The summed E-state index contributed by atoms with van der Waals surface area (Å²) in [6.45, 7) is 4.47. The highest BCUT2D eigenvalue weighted by Gasteiger charge is 2.30. The van der Waals surface area contributed by atoms with Crippen molar-refractivity contribution in [3.8, 4) is 0 Å². The monoisotopic (exact) mass is 280 g/mol. The number of carbonyl (C=O) groups is 2. The number of nitrogens with zero attached hydrogens (tertiary/aromatic N) is 1. The Balaban J connectivity index is 2.80. The van der Waals surface area contributed by atoms with E-state index < -0.39 is 22.2 Å². The van der Waals surface area contributed by atoms with Gasteiger partial charge in [-0.15, -0.1) is 0 Å². The lowest BCUT2D eigenvalue weighted by atomic mass is 9.89. The number of nitrogens with one attached hydrogen (secondary N) is 1. The van der Waals surface area contributed by atoms with E-state index in [0.717, 1.165) is 0 Å². The maximum Gasteiger partial charge on any atom is 0.309 e. The van der Waals surface area contributed by atoms with E-state index in [9.17, 15) is 19.7 Å². The van der Waals surface area contributed by atoms with E-state index >= 15 is 0 Å². The lowest BCUT2D eigenvalue weighted by Crippen LogP contribution is -2.29. The zero-order chi connectivity index (χ0) is 15.5. The Morgan fingerprint density at radius 2 is 2.00 bits per heavy atom. The minimum Gasteiger partial charge on any atom is -0.481 e. The van der Waals surface area contributed by atoms with Gasteiger partial charge >= 0.3 is 5.97 Å². The first-order valence-corrected chi connectivity index (χ1v) is 5.92. The van der Waals surface area contributed by atoms with Crippen molar-refractivity contribution >= 4 is 23.3 Å². The van der Waals surface area contributed by atoms with Gasteiger partial charge in [-0.2, -0.15) is 0 Å². The van der Waals surface area contributed by atoms with Gasteiger partial charge in [0.2, 0.25) is 5.91 Å². The summed E-state index contributed by atoms with van der Waals surface area (Å²) < 4.78 is 0. The summed E-state index contributed by atoms with van der Waals surface area (Å²) in [6.07, 6.45) is -0.182. The van der Waals surface area contributed by atoms with Crippen LogP contribution in [0.4, 0.5) is 11.4 Å². The first-order valence-electron chi connectivity index (χ1n) is 5.92. The van der Waals surface area contributed by atoms with E-state index in [1.54, 1.807) is 6.92 Å². The fourth-order valence-electron chi connectivity index (χ4n) is 1.62. The molecular weight excluding hydrogens is 264 g/mol. The van der Waals surface area contributed by atoms with Crippen molar-refractivity contribution < 1.29 is 19.6 Å². The van der Waals surface area contributed by atoms with Crippen LogP contribution in [-0.4, -0.2) is 21.9 Å². The zero-order valence-electron chi connectivity index (χ0n) is 11.5. The molecule has 1 aromatic carbocycles. The topological polar surface area (TPSA) is 110 Å². The summed E-state index contributed by atoms with van der Waals surface area (Å²) in [5.74, 6) is -1.52. The van der Waals surface area contributed by atoms with Crippen molar-refractivity contribution in [2.24, 2.45) is 5.41 Å². The number of carbonyl (C=O) groups excluding carboxylic acids is 1. The molecule has 1 amide bonds. The average molecular weight is 280 g/mol. The van der Waals surface area contributed by atoms with Crippen molar-refractivity contribution in [3.05, 3.63) is 33.9 Å². The van der Waals surface area contributed by atoms with Crippen molar-refractivity contribution in [3.63, 3.8) is 0 Å². The third-order valence-electron chi connectivity index (χ3n) is 2.86. The molecule has 0 aliphatic heterocycles. The van der Waals surface area contributed by atoms with Crippen LogP contribution >= 0.6 is 0 Å². The van der Waals surface area contributed by atoms with E-state index in [4.69, 9.17) is 5.11 Å². The van der Waals surface area contributed by atoms with Crippen LogP contribution in [0.15, 0.2) is 18.2 Å². The number of nitro groups is 1. The molecule has 0 fully saturated rings. The molecule has 0 radical (unpaired) electrons. The number of rotatable bonds is 5. The zero-order valence-corrected chi connectivity index (χ0v) is 11.5. The van der Waals surface area contributed by atoms with Gasteiger partial charge in [-0.05, 0) is 32.9 Å². The average Bonchev–Trinajstić information content (AvgIpc) is 2.26. The quantitative estimate of drug-likeness (QED) is 0.635. The lowest BCUT2D eigenvalue weighted by Gasteiger charge is -2.18. The Bertz CT molecular complexity index is 566. The minimum absolute atomic E-state index is 0.0335. The largest absolute Gasteiger partial charge is 0.481 e. The van der Waals surface area contributed by atoms with Crippen LogP contribution in [0.2, 0.25) is 0 Å². The predicted octanol–water partition coefficient (Wildman–Crippen LogP) is 2.34. The standard InChI is InChI=1S/C13H16N2O5/c1-8-6-9(4-5-10(8)15(19)20)14-11(16)7-13(2,3)12(17)18/h4-6H,7H2,1-3H3,(H,14,16)(H,17,18). The molecule has 0 aromatic heterocycles. The molecular formula is C13H16N2O5. The first kappa shape index (κ1) is 15.6. The van der Waals surface area contributed by atoms with E-state index in [1.807, 2.05) is 0 Å². The number of nitro benzene ring substituents is 1. The number of hydrogen-bond acceptors (Lipinski definition) is 4. The number of benzene rings is 1. The molecule has 20 heavy (non-hydrogen) atoms. The molecule has 7 heteroatoms. The molecule has 2 N–H and O–H groups in total. The Labute approximate surface area is 115 Å². The molecule has 0 atom stereocenters. The highest BCUT2D eigenvalue weighted by molar-refractivity contribution is 5.94. The van der Waals surface area contributed by atoms with E-state index in [0.29, 0.717) is 11.3 Å². The van der Waals surface area contributed by atoms with Crippen molar-refractivity contribution in [2.45, 2.75) is 27.2 Å². The first-order chi connectivity index (χ1) is 9.13. The highest BCUT2D eigenvalue weighted by Crippen LogP contribution is 2.24. The molecule has 0 bridgehead atoms. The van der Waals surface area contributed by atoms with Gasteiger partial charge in [0.15, 0.2) is 0 Å². The van der Waals surface area contributed by atoms with E-state index in [1.165, 1.54) is 32.0 Å². The summed E-state index contributed by atoms with van der Waals surface area (Å²) in [6, 6.07) is 4.19. The van der Waals surface area contributed by atoms with Crippen LogP contribution in [0.5, 0.6) is 0 Å². The van der Waals surface area contributed by atoms with Crippen LogP contribution in [0.25, 0.3) is 0 Å². The third-order valence-corrected chi connectivity index (χ3v) is 2.86. The van der Waals surface area contributed by atoms with Gasteiger partial charge in [-0.1, -0.05) is 0 Å². The molecule has 1 rings (SSSR count). The van der Waals surface area contributed by atoms with Gasteiger partial charge in [-0.3, -0.25) is 19.7 Å². The predicted molar refractivity (Wildman–Crippen MR) is 72.5 cm³/mol. The fourth-order valence-corrected chi connectivity index (χ4v) is 1.62. The molecule has 0 saturated carbocycles. The number of aryl methyl sites for hydroxylation is 1. The van der Waals surface area contributed by atoms with Gasteiger partial charge in [0.25, 0.3) is 5.69 Å². The molecule has 0 heterocycles. The maximum absolute atomic E-state index is 11.8. The van der Waals surface area contributed by atoms with Crippen LogP contribution in [-0.2, 0) is 9.59 Å². The number of aliphatic carboxylic acids is 1. The second-order valence-corrected chi connectivity index (χ2v) is 5.17. The summed E-state index contributed by atoms with van der Waals surface area (Å²) >= 11 is 0. The minimum atomic E-state index is -1.17. The molecule has 0 unspecified atom stereocenters. The van der Waals surface area contributed by atoms with Crippen LogP contribution in [0.3, 0.4) is 0 Å². The molecule has 0 aliphatic rings. The Morgan fingerprint density at radius 1 is 1.40 bits per heavy atom. The molecule has 0 spiro atoms. The Hall–Kier alpha value is -2.44. The van der Waals surface area contributed by atoms with Crippen LogP contribution < -0.4 is 5.32 Å². The fraction of sp³-hybridized carbons (Fsp3) is 0.385. The molecule has 1 aromatic rings. The lowest BCUT2D eigenvalue weighted by molar-refractivity contribution is -0.385. The van der Waals surface area contributed by atoms with Crippen molar-refractivity contribution in [1.29, 1.82) is 0 Å². The number of carboxylic acid groups (broad SMARTS) is 1. The number of carboxylic acids is 1. The summed E-state index contributed by atoms with van der Waals surface area (Å²) in [5, 5.41) is 22.1. The SMILES string of the molecule is Cc1cc(NC(=O)CC(C)(C)C(=O)O)ccc1[N+](=O)[O-]. The second kappa shape index (κ2) is 5.68. The molecule has 0 saturated heterocycles. The van der Waals surface area contributed by atoms with Crippen LogP contribution in [0, 0.1) is 22.5 Å². The summed E-state index contributed by atoms with van der Waals surface area (Å²) in [7, 11) is 0. The number of hydrogen-bond donors (Lipinski definition) is 2. The molecule has 7 nitrogen and oxygen atoms in total. The molecule has 108 valence electrons. The maximum atomic E-state index is 11.8. The van der Waals surface area contributed by atoms with Gasteiger partial charge in [0.1, 0.15) is 0 Å². The van der Waals surface area contributed by atoms with Crippen molar-refractivity contribution in [2.75, 3.05) is 5.32 Å². The second-order valence-electron chi connectivity index (χ2n) is 5.17. The van der Waals surface area contributed by atoms with Crippen LogP contribution in [0.1, 0.15) is 25.8 Å². The smallest absolute Gasteiger partial charge is 0.309 e. The van der Waals surface area contributed by atoms with E-state index in [-0.39, 0.29) is 12.1 Å². The molecule has 0 aliphatic carbocycles. The van der Waals surface area contributed by atoms with Gasteiger partial charge in [0.05, 0.1) is 10.3 Å². The summed E-state index contributed by atoms with van der Waals surface area (Å²) in [4.78, 5) is 32.8. The van der Waals surface area contributed by atoms with Gasteiger partial charge in [-0.25, -0.2) is 0 Å². The highest BCUT2D eigenvalue weighted by atomic mass is 16.6. The Morgan fingerprint density at radius 3 is 2.45 bits per heavy atom. The normalized spacial score (nSPS) is 10.9.